The van der Waals surface area contributed by atoms with Gasteiger partial charge in [-0.25, -0.2) is 9.59 Å². The Morgan fingerprint density at radius 2 is 1.53 bits per heavy atom. The van der Waals surface area contributed by atoms with E-state index in [0.29, 0.717) is 35.3 Å². The van der Waals surface area contributed by atoms with Gasteiger partial charge >= 0.3 is 11.9 Å². The third kappa shape index (κ3) is 6.57. The standard InChI is InChI=1S/C26H30O5S/c1-17(2)25(27)29-15-19-5-7-20(8-6-19)23-13-14-24(32-23)21-9-11-22(12-10-21)30-16-31-26(28)18(3)4/h9-14,19-20H,1,3,5-8,15-16H2,2,4H3. The molecule has 1 aliphatic rings. The predicted octanol–water partition coefficient (Wildman–Crippen LogP) is 6.26. The summed E-state index contributed by atoms with van der Waals surface area (Å²) < 4.78 is 15.7. The van der Waals surface area contributed by atoms with E-state index < -0.39 is 5.97 Å². The fraction of sp³-hybridized carbons (Fsp3) is 0.385. The molecule has 0 N–H and O–H groups in total. The van der Waals surface area contributed by atoms with Crippen LogP contribution in [0.3, 0.4) is 0 Å². The Balaban J connectivity index is 1.48. The summed E-state index contributed by atoms with van der Waals surface area (Å²) in [6.07, 6.45) is 4.38. The zero-order valence-electron chi connectivity index (χ0n) is 18.7. The van der Waals surface area contributed by atoms with Crippen LogP contribution in [0.2, 0.25) is 0 Å². The average molecular weight is 455 g/mol. The number of benzene rings is 1. The van der Waals surface area contributed by atoms with Crippen molar-refractivity contribution in [2.75, 3.05) is 13.4 Å². The number of hydrogen-bond acceptors (Lipinski definition) is 6. The smallest absolute Gasteiger partial charge is 0.335 e. The van der Waals surface area contributed by atoms with Gasteiger partial charge in [0.2, 0.25) is 6.79 Å². The summed E-state index contributed by atoms with van der Waals surface area (Å²) in [5.41, 5.74) is 1.93. The highest BCUT2D eigenvalue weighted by Crippen LogP contribution is 2.41. The summed E-state index contributed by atoms with van der Waals surface area (Å²) in [7, 11) is 0. The van der Waals surface area contributed by atoms with Gasteiger partial charge in [-0.1, -0.05) is 13.2 Å². The Morgan fingerprint density at radius 1 is 0.906 bits per heavy atom. The zero-order chi connectivity index (χ0) is 23.1. The molecule has 6 heteroatoms. The molecule has 0 aliphatic heterocycles. The van der Waals surface area contributed by atoms with Crippen molar-refractivity contribution in [3.63, 3.8) is 0 Å². The van der Waals surface area contributed by atoms with Crippen molar-refractivity contribution in [1.29, 1.82) is 0 Å². The Kier molecular flexibility index (Phi) is 8.28. The second kappa shape index (κ2) is 11.1. The van der Waals surface area contributed by atoms with Crippen LogP contribution in [0.5, 0.6) is 5.75 Å². The molecule has 0 atom stereocenters. The van der Waals surface area contributed by atoms with E-state index in [1.54, 1.807) is 13.8 Å². The molecule has 1 saturated carbocycles. The number of ether oxygens (including phenoxy) is 3. The molecule has 3 rings (SSSR count). The maximum atomic E-state index is 11.6. The van der Waals surface area contributed by atoms with Crippen molar-refractivity contribution in [2.45, 2.75) is 45.4 Å². The summed E-state index contributed by atoms with van der Waals surface area (Å²) in [5, 5.41) is 0. The van der Waals surface area contributed by atoms with E-state index in [1.165, 1.54) is 9.75 Å². The Labute approximate surface area is 193 Å². The minimum atomic E-state index is -0.463. The molecule has 0 unspecified atom stereocenters. The molecule has 0 radical (unpaired) electrons. The first kappa shape index (κ1) is 23.8. The summed E-state index contributed by atoms with van der Waals surface area (Å²) in [6.45, 7) is 10.8. The van der Waals surface area contributed by atoms with Gasteiger partial charge in [0.05, 0.1) is 6.61 Å². The molecule has 1 aromatic heterocycles. The van der Waals surface area contributed by atoms with Gasteiger partial charge in [0, 0.05) is 20.9 Å². The third-order valence-electron chi connectivity index (χ3n) is 5.58. The quantitative estimate of drug-likeness (QED) is 0.254. The van der Waals surface area contributed by atoms with Crippen molar-refractivity contribution in [1.82, 2.24) is 0 Å². The first-order valence-electron chi connectivity index (χ1n) is 10.8. The maximum absolute atomic E-state index is 11.6. The Hall–Kier alpha value is -2.86. The van der Waals surface area contributed by atoms with E-state index in [4.69, 9.17) is 14.2 Å². The molecule has 0 bridgehead atoms. The molecule has 32 heavy (non-hydrogen) atoms. The highest BCUT2D eigenvalue weighted by atomic mass is 32.1. The summed E-state index contributed by atoms with van der Waals surface area (Å²) in [4.78, 5) is 25.6. The molecular formula is C26H30O5S. The van der Waals surface area contributed by atoms with Gasteiger partial charge < -0.3 is 14.2 Å². The fourth-order valence-electron chi connectivity index (χ4n) is 3.65. The zero-order valence-corrected chi connectivity index (χ0v) is 19.5. The lowest BCUT2D eigenvalue weighted by Crippen LogP contribution is -2.19. The van der Waals surface area contributed by atoms with Crippen molar-refractivity contribution in [3.05, 3.63) is 65.6 Å². The number of carbonyl (C=O) groups is 2. The molecule has 0 saturated heterocycles. The first-order chi connectivity index (χ1) is 15.3. The van der Waals surface area contributed by atoms with Crippen molar-refractivity contribution >= 4 is 23.3 Å². The molecule has 0 amide bonds. The lowest BCUT2D eigenvalue weighted by molar-refractivity contribution is -0.145. The van der Waals surface area contributed by atoms with Crippen molar-refractivity contribution in [2.24, 2.45) is 5.92 Å². The van der Waals surface area contributed by atoms with E-state index in [0.717, 1.165) is 31.2 Å². The molecule has 2 aromatic rings. The van der Waals surface area contributed by atoms with Crippen LogP contribution >= 0.6 is 11.3 Å². The Morgan fingerprint density at radius 3 is 2.16 bits per heavy atom. The first-order valence-corrected chi connectivity index (χ1v) is 11.6. The van der Waals surface area contributed by atoms with E-state index in [2.05, 4.69) is 25.3 Å². The molecule has 170 valence electrons. The minimum absolute atomic E-state index is 0.136. The summed E-state index contributed by atoms with van der Waals surface area (Å²) in [6, 6.07) is 12.2. The van der Waals surface area contributed by atoms with E-state index >= 15 is 0 Å². The molecule has 1 fully saturated rings. The number of thiophene rings is 1. The SMILES string of the molecule is C=C(C)C(=O)OCOc1ccc(-c2ccc(C3CCC(COC(=O)C(=C)C)CC3)s2)cc1. The van der Waals surface area contributed by atoms with Gasteiger partial charge in [-0.05, 0) is 93.3 Å². The second-order valence-electron chi connectivity index (χ2n) is 8.30. The molecule has 5 nitrogen and oxygen atoms in total. The van der Waals surface area contributed by atoms with Gasteiger partial charge in [-0.3, -0.25) is 0 Å². The number of esters is 2. The highest BCUT2D eigenvalue weighted by molar-refractivity contribution is 7.15. The van der Waals surface area contributed by atoms with E-state index in [-0.39, 0.29) is 12.8 Å². The van der Waals surface area contributed by atoms with Crippen LogP contribution in [0.4, 0.5) is 0 Å². The minimum Gasteiger partial charge on any atom is -0.462 e. The van der Waals surface area contributed by atoms with Gasteiger partial charge in [0.15, 0.2) is 0 Å². The Bertz CT molecular complexity index is 964. The van der Waals surface area contributed by atoms with Crippen LogP contribution < -0.4 is 4.74 Å². The van der Waals surface area contributed by atoms with Crippen LogP contribution in [-0.4, -0.2) is 25.3 Å². The molecule has 1 aromatic carbocycles. The normalized spacial score (nSPS) is 17.9. The van der Waals surface area contributed by atoms with Crippen molar-refractivity contribution in [3.8, 4) is 16.2 Å². The van der Waals surface area contributed by atoms with Gasteiger partial charge in [-0.15, -0.1) is 11.3 Å². The van der Waals surface area contributed by atoms with E-state index in [9.17, 15) is 9.59 Å². The highest BCUT2D eigenvalue weighted by Gasteiger charge is 2.24. The molecular weight excluding hydrogens is 424 g/mol. The van der Waals surface area contributed by atoms with Crippen LogP contribution in [0.25, 0.3) is 10.4 Å². The molecule has 0 spiro atoms. The second-order valence-corrected chi connectivity index (χ2v) is 9.41. The lowest BCUT2D eigenvalue weighted by Gasteiger charge is -2.27. The summed E-state index contributed by atoms with van der Waals surface area (Å²) in [5.74, 6) is 0.892. The van der Waals surface area contributed by atoms with E-state index in [1.807, 2.05) is 35.6 Å². The maximum Gasteiger partial charge on any atom is 0.335 e. The van der Waals surface area contributed by atoms with Crippen LogP contribution in [-0.2, 0) is 19.1 Å². The molecule has 1 aliphatic carbocycles. The third-order valence-corrected chi connectivity index (χ3v) is 6.87. The molecule has 1 heterocycles. The largest absolute Gasteiger partial charge is 0.462 e. The topological polar surface area (TPSA) is 61.8 Å². The van der Waals surface area contributed by atoms with Gasteiger partial charge in [-0.2, -0.15) is 0 Å². The lowest BCUT2D eigenvalue weighted by atomic mass is 9.82. The fourth-order valence-corrected chi connectivity index (χ4v) is 4.83. The summed E-state index contributed by atoms with van der Waals surface area (Å²) >= 11 is 1.83. The van der Waals surface area contributed by atoms with Crippen LogP contribution in [0.15, 0.2) is 60.7 Å². The van der Waals surface area contributed by atoms with Gasteiger partial charge in [0.25, 0.3) is 0 Å². The number of hydrogen-bond donors (Lipinski definition) is 0. The van der Waals surface area contributed by atoms with Crippen LogP contribution in [0, 0.1) is 5.92 Å². The van der Waals surface area contributed by atoms with Crippen molar-refractivity contribution < 1.29 is 23.8 Å². The number of carbonyl (C=O) groups excluding carboxylic acids is 2. The number of rotatable bonds is 9. The van der Waals surface area contributed by atoms with Gasteiger partial charge in [0.1, 0.15) is 5.75 Å². The predicted molar refractivity (Wildman–Crippen MR) is 127 cm³/mol. The van der Waals surface area contributed by atoms with Crippen LogP contribution in [0.1, 0.15) is 50.3 Å². The average Bonchev–Trinajstić information content (AvgIpc) is 3.28. The monoisotopic (exact) mass is 454 g/mol.